The second-order valence-electron chi connectivity index (χ2n) is 2.77. The number of nitrogens with two attached hydrogens (primary N) is 1. The minimum absolute atomic E-state index is 1.21. The number of rotatable bonds is 1. The van der Waals surface area contributed by atoms with Gasteiger partial charge in [0.25, 0.3) is 0 Å². The average Bonchev–Trinajstić information content (AvgIpc) is 1.99. The fraction of sp³-hybridized carbons (Fsp3) is 0.333. The molecule has 0 aromatic heterocycles. The van der Waals surface area contributed by atoms with Crippen LogP contribution in [0.4, 0.5) is 0 Å². The number of aryl methyl sites for hydroxylation is 2. The predicted molar refractivity (Wildman–Crippen MR) is 50.7 cm³/mol. The van der Waals surface area contributed by atoms with Gasteiger partial charge in [0.15, 0.2) is 0 Å². The third-order valence-corrected chi connectivity index (χ3v) is 2.86. The van der Waals surface area contributed by atoms with Crippen LogP contribution in [0.15, 0.2) is 17.0 Å². The Bertz CT molecular complexity index is 269. The lowest BCUT2D eigenvalue weighted by molar-refractivity contribution is 1.17. The molecule has 0 fully saturated rings. The van der Waals surface area contributed by atoms with Gasteiger partial charge in [-0.25, -0.2) is 0 Å². The van der Waals surface area contributed by atoms with E-state index in [0.717, 1.165) is 0 Å². The molecule has 0 spiro atoms. The summed E-state index contributed by atoms with van der Waals surface area (Å²) >= 11 is 1.34. The third-order valence-electron chi connectivity index (χ3n) is 1.99. The van der Waals surface area contributed by atoms with Gasteiger partial charge in [-0.05, 0) is 49.4 Å². The molecular weight excluding hydrogens is 154 g/mol. The van der Waals surface area contributed by atoms with Crippen molar-refractivity contribution in [3.8, 4) is 0 Å². The molecule has 0 aliphatic carbocycles. The van der Waals surface area contributed by atoms with E-state index >= 15 is 0 Å². The van der Waals surface area contributed by atoms with Crippen molar-refractivity contribution in [3.63, 3.8) is 0 Å². The predicted octanol–water partition coefficient (Wildman–Crippen LogP) is 2.58. The molecule has 0 unspecified atom stereocenters. The Morgan fingerprint density at radius 3 is 2.09 bits per heavy atom. The van der Waals surface area contributed by atoms with Crippen molar-refractivity contribution < 1.29 is 0 Å². The summed E-state index contributed by atoms with van der Waals surface area (Å²) in [6.45, 7) is 6.30. The molecule has 11 heavy (non-hydrogen) atoms. The minimum atomic E-state index is 1.21. The monoisotopic (exact) mass is 167 g/mol. The second kappa shape index (κ2) is 3.28. The molecule has 2 heteroatoms. The summed E-state index contributed by atoms with van der Waals surface area (Å²) < 4.78 is 0. The van der Waals surface area contributed by atoms with Gasteiger partial charge in [-0.2, -0.15) is 0 Å². The fourth-order valence-corrected chi connectivity index (χ4v) is 1.70. The summed E-state index contributed by atoms with van der Waals surface area (Å²) in [5, 5.41) is 5.54. The molecule has 0 heterocycles. The fourth-order valence-electron chi connectivity index (χ4n) is 1.11. The standard InChI is InChI=1S/C9H13NS/c1-6-4-5-7(2)9(11-10)8(6)3/h4-5H,10H2,1-3H3. The van der Waals surface area contributed by atoms with Gasteiger partial charge in [0.2, 0.25) is 0 Å². The largest absolute Gasteiger partial charge is 0.274 e. The number of hydrogen-bond acceptors (Lipinski definition) is 2. The Balaban J connectivity index is 3.29. The van der Waals surface area contributed by atoms with E-state index in [9.17, 15) is 0 Å². The summed E-state index contributed by atoms with van der Waals surface area (Å²) in [5.41, 5.74) is 3.88. The van der Waals surface area contributed by atoms with Crippen molar-refractivity contribution in [2.45, 2.75) is 25.7 Å². The summed E-state index contributed by atoms with van der Waals surface area (Å²) in [4.78, 5) is 1.21. The molecule has 0 radical (unpaired) electrons. The van der Waals surface area contributed by atoms with Crippen LogP contribution in [-0.4, -0.2) is 0 Å². The molecule has 0 saturated carbocycles. The first kappa shape index (κ1) is 8.62. The Hall–Kier alpha value is -0.470. The van der Waals surface area contributed by atoms with E-state index in [1.165, 1.54) is 33.5 Å². The maximum Gasteiger partial charge on any atom is 0.0286 e. The highest BCUT2D eigenvalue weighted by Crippen LogP contribution is 2.24. The van der Waals surface area contributed by atoms with Crippen LogP contribution in [0.2, 0.25) is 0 Å². The van der Waals surface area contributed by atoms with Gasteiger partial charge in [0.1, 0.15) is 0 Å². The first-order chi connectivity index (χ1) is 5.16. The summed E-state index contributed by atoms with van der Waals surface area (Å²) in [5.74, 6) is 0. The van der Waals surface area contributed by atoms with Crippen LogP contribution in [0.5, 0.6) is 0 Å². The van der Waals surface area contributed by atoms with Crippen LogP contribution in [-0.2, 0) is 0 Å². The van der Waals surface area contributed by atoms with Crippen LogP contribution in [0.1, 0.15) is 16.7 Å². The van der Waals surface area contributed by atoms with Crippen LogP contribution in [0.3, 0.4) is 0 Å². The van der Waals surface area contributed by atoms with Crippen molar-refractivity contribution in [1.82, 2.24) is 0 Å². The van der Waals surface area contributed by atoms with Gasteiger partial charge in [0, 0.05) is 4.90 Å². The van der Waals surface area contributed by atoms with Gasteiger partial charge in [0.05, 0.1) is 0 Å². The molecule has 0 aliphatic rings. The van der Waals surface area contributed by atoms with Crippen LogP contribution >= 0.6 is 11.9 Å². The minimum Gasteiger partial charge on any atom is -0.274 e. The number of hydrogen-bond donors (Lipinski definition) is 1. The van der Waals surface area contributed by atoms with E-state index in [0.29, 0.717) is 0 Å². The lowest BCUT2D eigenvalue weighted by Gasteiger charge is -2.08. The van der Waals surface area contributed by atoms with E-state index in [-0.39, 0.29) is 0 Å². The Labute approximate surface area is 72.1 Å². The van der Waals surface area contributed by atoms with E-state index in [1.807, 2.05) is 0 Å². The van der Waals surface area contributed by atoms with E-state index in [1.54, 1.807) is 0 Å². The molecule has 0 amide bonds. The summed E-state index contributed by atoms with van der Waals surface area (Å²) in [6, 6.07) is 4.24. The van der Waals surface area contributed by atoms with Crippen molar-refractivity contribution in [2.75, 3.05) is 0 Å². The Morgan fingerprint density at radius 1 is 1.09 bits per heavy atom. The van der Waals surface area contributed by atoms with Gasteiger partial charge in [-0.1, -0.05) is 12.1 Å². The first-order valence-corrected chi connectivity index (χ1v) is 4.48. The lowest BCUT2D eigenvalue weighted by Crippen LogP contribution is -1.91. The SMILES string of the molecule is Cc1ccc(C)c(SN)c1C. The average molecular weight is 167 g/mol. The quantitative estimate of drug-likeness (QED) is 0.650. The Kier molecular flexibility index (Phi) is 2.58. The topological polar surface area (TPSA) is 26.0 Å². The van der Waals surface area contributed by atoms with Gasteiger partial charge in [-0.15, -0.1) is 0 Å². The molecule has 0 saturated heterocycles. The van der Waals surface area contributed by atoms with E-state index in [4.69, 9.17) is 5.14 Å². The molecule has 1 nitrogen and oxygen atoms in total. The highest BCUT2D eigenvalue weighted by molar-refractivity contribution is 7.97. The van der Waals surface area contributed by atoms with Gasteiger partial charge >= 0.3 is 0 Å². The highest BCUT2D eigenvalue weighted by Gasteiger charge is 2.02. The molecule has 1 aromatic rings. The molecule has 60 valence electrons. The zero-order valence-electron chi connectivity index (χ0n) is 7.14. The highest BCUT2D eigenvalue weighted by atomic mass is 32.2. The van der Waals surface area contributed by atoms with Gasteiger partial charge in [-0.3, -0.25) is 5.14 Å². The molecular formula is C9H13NS. The second-order valence-corrected chi connectivity index (χ2v) is 3.42. The van der Waals surface area contributed by atoms with Crippen molar-refractivity contribution >= 4 is 11.9 Å². The molecule has 2 N–H and O–H groups in total. The zero-order valence-corrected chi connectivity index (χ0v) is 7.96. The number of benzene rings is 1. The third kappa shape index (κ3) is 1.57. The maximum absolute atomic E-state index is 5.54. The lowest BCUT2D eigenvalue weighted by atomic mass is 10.1. The van der Waals surface area contributed by atoms with Crippen molar-refractivity contribution in [1.29, 1.82) is 0 Å². The summed E-state index contributed by atoms with van der Waals surface area (Å²) in [6.07, 6.45) is 0. The molecule has 1 aromatic carbocycles. The van der Waals surface area contributed by atoms with Crippen LogP contribution < -0.4 is 5.14 Å². The molecule has 0 bridgehead atoms. The first-order valence-electron chi connectivity index (χ1n) is 3.60. The molecule has 1 rings (SSSR count). The zero-order chi connectivity index (χ0) is 8.43. The Morgan fingerprint density at radius 2 is 1.64 bits per heavy atom. The summed E-state index contributed by atoms with van der Waals surface area (Å²) in [7, 11) is 0. The molecule has 0 aliphatic heterocycles. The van der Waals surface area contributed by atoms with Gasteiger partial charge < -0.3 is 0 Å². The van der Waals surface area contributed by atoms with Crippen LogP contribution in [0.25, 0.3) is 0 Å². The van der Waals surface area contributed by atoms with Crippen molar-refractivity contribution in [2.24, 2.45) is 5.14 Å². The van der Waals surface area contributed by atoms with E-state index < -0.39 is 0 Å². The smallest absolute Gasteiger partial charge is 0.0286 e. The van der Waals surface area contributed by atoms with E-state index in [2.05, 4.69) is 32.9 Å². The maximum atomic E-state index is 5.54. The van der Waals surface area contributed by atoms with Crippen LogP contribution in [0, 0.1) is 20.8 Å². The molecule has 0 atom stereocenters. The van der Waals surface area contributed by atoms with Crippen molar-refractivity contribution in [3.05, 3.63) is 28.8 Å². The normalized spacial score (nSPS) is 10.2.